The maximum atomic E-state index is 13.2. The first-order valence-electron chi connectivity index (χ1n) is 6.61. The molecule has 0 amide bonds. The van der Waals surface area contributed by atoms with Crippen molar-refractivity contribution in [1.29, 1.82) is 0 Å². The van der Waals surface area contributed by atoms with Gasteiger partial charge in [-0.1, -0.05) is 6.42 Å². The Bertz CT molecular complexity index is 461. The van der Waals surface area contributed by atoms with Crippen LogP contribution in [0, 0.1) is 11.7 Å². The van der Waals surface area contributed by atoms with Crippen LogP contribution in [0.5, 0.6) is 0 Å². The molecule has 1 aromatic carbocycles. The lowest BCUT2D eigenvalue weighted by atomic mass is 10.1. The Kier molecular flexibility index (Phi) is 4.65. The average molecular weight is 291 g/mol. The number of rotatable bonds is 4. The monoisotopic (exact) mass is 291 g/mol. The van der Waals surface area contributed by atoms with Crippen LogP contribution in [0.25, 0.3) is 0 Å². The summed E-state index contributed by atoms with van der Waals surface area (Å²) in [6.07, 6.45) is -2.25. The number of benzene rings is 1. The molecule has 2 unspecified atom stereocenters. The van der Waals surface area contributed by atoms with Crippen molar-refractivity contribution in [2.45, 2.75) is 38.1 Å². The largest absolute Gasteiger partial charge is 0.416 e. The van der Waals surface area contributed by atoms with Gasteiger partial charge in [0.25, 0.3) is 0 Å². The summed E-state index contributed by atoms with van der Waals surface area (Å²) in [5.74, 6) is -0.761. The maximum Gasteiger partial charge on any atom is 0.416 e. The standard InChI is InChI=1S/C14H17F4NO/c15-12-5-9(4-11(6-12)14(16,17)18)7-19-8-10-2-1-3-13(10)20/h4-6,10,13,19-20H,1-3,7-8H2. The third kappa shape index (κ3) is 3.93. The summed E-state index contributed by atoms with van der Waals surface area (Å²) in [5.41, 5.74) is -0.722. The highest BCUT2D eigenvalue weighted by atomic mass is 19.4. The van der Waals surface area contributed by atoms with E-state index in [-0.39, 0.29) is 24.1 Å². The van der Waals surface area contributed by atoms with Crippen LogP contribution in [0.4, 0.5) is 17.6 Å². The Hall–Kier alpha value is -1.14. The minimum absolute atomic E-state index is 0.130. The van der Waals surface area contributed by atoms with Gasteiger partial charge in [0.05, 0.1) is 11.7 Å². The molecule has 0 heterocycles. The van der Waals surface area contributed by atoms with Crippen LogP contribution in [0.2, 0.25) is 0 Å². The van der Waals surface area contributed by atoms with Crippen molar-refractivity contribution in [2.24, 2.45) is 5.92 Å². The second kappa shape index (κ2) is 6.10. The molecular weight excluding hydrogens is 274 g/mol. The van der Waals surface area contributed by atoms with Gasteiger partial charge in [-0.15, -0.1) is 0 Å². The number of hydrogen-bond donors (Lipinski definition) is 2. The minimum Gasteiger partial charge on any atom is -0.393 e. The second-order valence-corrected chi connectivity index (χ2v) is 5.24. The number of nitrogens with one attached hydrogen (secondary N) is 1. The summed E-state index contributed by atoms with van der Waals surface area (Å²) in [4.78, 5) is 0. The lowest BCUT2D eigenvalue weighted by molar-refractivity contribution is -0.137. The molecule has 0 saturated heterocycles. The van der Waals surface area contributed by atoms with E-state index in [2.05, 4.69) is 5.32 Å². The molecule has 2 nitrogen and oxygen atoms in total. The molecule has 0 radical (unpaired) electrons. The van der Waals surface area contributed by atoms with Gasteiger partial charge in [-0.2, -0.15) is 13.2 Å². The van der Waals surface area contributed by atoms with Gasteiger partial charge in [0.2, 0.25) is 0 Å². The Balaban J connectivity index is 1.94. The van der Waals surface area contributed by atoms with E-state index in [0.717, 1.165) is 31.4 Å². The molecule has 0 aliphatic heterocycles. The zero-order valence-electron chi connectivity index (χ0n) is 10.9. The fourth-order valence-electron chi connectivity index (χ4n) is 2.57. The topological polar surface area (TPSA) is 32.3 Å². The lowest BCUT2D eigenvalue weighted by Crippen LogP contribution is -2.27. The quantitative estimate of drug-likeness (QED) is 0.836. The fraction of sp³-hybridized carbons (Fsp3) is 0.571. The number of halogens is 4. The van der Waals surface area contributed by atoms with Gasteiger partial charge in [-0.3, -0.25) is 0 Å². The van der Waals surface area contributed by atoms with Crippen LogP contribution in [0.15, 0.2) is 18.2 Å². The molecule has 2 rings (SSSR count). The van der Waals surface area contributed by atoms with Crippen molar-refractivity contribution in [3.63, 3.8) is 0 Å². The molecule has 0 spiro atoms. The van der Waals surface area contributed by atoms with Crippen molar-refractivity contribution >= 4 is 0 Å². The van der Waals surface area contributed by atoms with Crippen molar-refractivity contribution in [1.82, 2.24) is 5.32 Å². The lowest BCUT2D eigenvalue weighted by Gasteiger charge is -2.15. The number of aliphatic hydroxyl groups is 1. The van der Waals surface area contributed by atoms with E-state index in [0.29, 0.717) is 12.6 Å². The van der Waals surface area contributed by atoms with Crippen LogP contribution in [-0.4, -0.2) is 17.8 Å². The molecule has 1 aliphatic rings. The molecule has 1 aliphatic carbocycles. The molecule has 0 aromatic heterocycles. The number of alkyl halides is 3. The normalized spacial score (nSPS) is 23.2. The van der Waals surface area contributed by atoms with Gasteiger partial charge in [0.15, 0.2) is 0 Å². The SMILES string of the molecule is OC1CCCC1CNCc1cc(F)cc(C(F)(F)F)c1. The van der Waals surface area contributed by atoms with Crippen molar-refractivity contribution in [3.8, 4) is 0 Å². The zero-order chi connectivity index (χ0) is 14.8. The third-order valence-electron chi connectivity index (χ3n) is 3.64. The highest BCUT2D eigenvalue weighted by molar-refractivity contribution is 5.26. The van der Waals surface area contributed by atoms with Gasteiger partial charge in [0.1, 0.15) is 5.82 Å². The van der Waals surface area contributed by atoms with Crippen LogP contribution in [0.1, 0.15) is 30.4 Å². The van der Waals surface area contributed by atoms with Crippen LogP contribution < -0.4 is 5.32 Å². The van der Waals surface area contributed by atoms with E-state index in [4.69, 9.17) is 0 Å². The average Bonchev–Trinajstić information content (AvgIpc) is 2.73. The summed E-state index contributed by atoms with van der Waals surface area (Å²) in [7, 11) is 0. The summed E-state index contributed by atoms with van der Waals surface area (Å²) in [6, 6.07) is 2.53. The van der Waals surface area contributed by atoms with Crippen molar-refractivity contribution in [3.05, 3.63) is 35.1 Å². The first-order valence-corrected chi connectivity index (χ1v) is 6.61. The third-order valence-corrected chi connectivity index (χ3v) is 3.64. The second-order valence-electron chi connectivity index (χ2n) is 5.24. The van der Waals surface area contributed by atoms with Gasteiger partial charge < -0.3 is 10.4 Å². The van der Waals surface area contributed by atoms with Gasteiger partial charge >= 0.3 is 6.18 Å². The van der Waals surface area contributed by atoms with Gasteiger partial charge in [0, 0.05) is 13.1 Å². The molecule has 1 fully saturated rings. The van der Waals surface area contributed by atoms with E-state index in [1.807, 2.05) is 0 Å². The van der Waals surface area contributed by atoms with Crippen LogP contribution in [0.3, 0.4) is 0 Å². The van der Waals surface area contributed by atoms with Crippen LogP contribution >= 0.6 is 0 Å². The van der Waals surface area contributed by atoms with E-state index >= 15 is 0 Å². The van der Waals surface area contributed by atoms with Crippen molar-refractivity contribution in [2.75, 3.05) is 6.54 Å². The minimum atomic E-state index is -4.54. The number of hydrogen-bond acceptors (Lipinski definition) is 2. The fourth-order valence-corrected chi connectivity index (χ4v) is 2.57. The Morgan fingerprint density at radius 2 is 1.95 bits per heavy atom. The highest BCUT2D eigenvalue weighted by Gasteiger charge is 2.31. The van der Waals surface area contributed by atoms with E-state index < -0.39 is 17.6 Å². The first-order chi connectivity index (χ1) is 9.36. The molecule has 2 atom stereocenters. The summed E-state index contributed by atoms with van der Waals surface area (Å²) in [5, 5.41) is 12.6. The molecule has 6 heteroatoms. The Morgan fingerprint density at radius 1 is 1.20 bits per heavy atom. The van der Waals surface area contributed by atoms with E-state index in [1.54, 1.807) is 0 Å². The molecule has 0 bridgehead atoms. The van der Waals surface area contributed by atoms with Crippen molar-refractivity contribution < 1.29 is 22.7 Å². The predicted molar refractivity (Wildman–Crippen MR) is 66.5 cm³/mol. The maximum absolute atomic E-state index is 13.2. The first kappa shape index (κ1) is 15.3. The van der Waals surface area contributed by atoms with E-state index in [9.17, 15) is 22.7 Å². The summed E-state index contributed by atoms with van der Waals surface area (Å²) >= 11 is 0. The van der Waals surface area contributed by atoms with Gasteiger partial charge in [-0.05, 0) is 42.5 Å². The summed E-state index contributed by atoms with van der Waals surface area (Å²) in [6.45, 7) is 0.684. The van der Waals surface area contributed by atoms with Gasteiger partial charge in [-0.25, -0.2) is 4.39 Å². The highest BCUT2D eigenvalue weighted by Crippen LogP contribution is 2.30. The number of aliphatic hydroxyl groups excluding tert-OH is 1. The Morgan fingerprint density at radius 3 is 2.55 bits per heavy atom. The predicted octanol–water partition coefficient (Wildman–Crippen LogP) is 3.10. The van der Waals surface area contributed by atoms with E-state index in [1.165, 1.54) is 0 Å². The smallest absolute Gasteiger partial charge is 0.393 e. The van der Waals surface area contributed by atoms with Crippen LogP contribution in [-0.2, 0) is 12.7 Å². The summed E-state index contributed by atoms with van der Waals surface area (Å²) < 4.78 is 50.8. The molecule has 1 aromatic rings. The Labute approximate surface area is 114 Å². The zero-order valence-corrected chi connectivity index (χ0v) is 10.9. The molecule has 112 valence electrons. The molecular formula is C14H17F4NO. The molecule has 20 heavy (non-hydrogen) atoms. The molecule has 2 N–H and O–H groups in total. The molecule has 1 saturated carbocycles.